The molecule has 0 aliphatic carbocycles. The Kier molecular flexibility index (Phi) is 6.59. The number of rotatable bonds is 6. The molecule has 0 unspecified atom stereocenters. The summed E-state index contributed by atoms with van der Waals surface area (Å²) in [6, 6.07) is 37.3. The maximum atomic E-state index is 13.2. The molecule has 1 aliphatic heterocycles. The van der Waals surface area contributed by atoms with Crippen molar-refractivity contribution in [3.8, 4) is 11.1 Å². The largest absolute Gasteiger partial charge is 0.460 e. The SMILES string of the molecule is O=C(OCC[S+]1Cc2ccccc2-c2ccccc2C1)C(c1ccccc1)c1ccccc1. The van der Waals surface area contributed by atoms with Crippen LogP contribution in [0.15, 0.2) is 109 Å². The van der Waals surface area contributed by atoms with Crippen LogP contribution in [0.25, 0.3) is 11.1 Å². The molecular formula is C30H27O2S+. The second-order valence-corrected chi connectivity index (χ2v) is 10.6. The van der Waals surface area contributed by atoms with Crippen molar-refractivity contribution in [1.82, 2.24) is 0 Å². The van der Waals surface area contributed by atoms with E-state index >= 15 is 0 Å². The summed E-state index contributed by atoms with van der Waals surface area (Å²) in [7, 11) is 0.119. The van der Waals surface area contributed by atoms with E-state index in [4.69, 9.17) is 4.74 Å². The molecular weight excluding hydrogens is 424 g/mol. The Labute approximate surface area is 198 Å². The first-order chi connectivity index (χ1) is 16.3. The Hall–Kier alpha value is -3.30. The van der Waals surface area contributed by atoms with E-state index in [1.165, 1.54) is 22.3 Å². The van der Waals surface area contributed by atoms with Crippen molar-refractivity contribution in [3.05, 3.63) is 131 Å². The molecule has 5 rings (SSSR count). The average Bonchev–Trinajstić information content (AvgIpc) is 3.02. The number of hydrogen-bond acceptors (Lipinski definition) is 2. The lowest BCUT2D eigenvalue weighted by atomic mass is 9.91. The summed E-state index contributed by atoms with van der Waals surface area (Å²) in [5.74, 6) is 2.37. The van der Waals surface area contributed by atoms with E-state index in [1.54, 1.807) is 0 Å². The Bertz CT molecular complexity index is 1130. The van der Waals surface area contributed by atoms with E-state index in [1.807, 2.05) is 60.7 Å². The molecule has 1 heterocycles. The van der Waals surface area contributed by atoms with Gasteiger partial charge in [-0.3, -0.25) is 4.79 Å². The molecule has 2 nitrogen and oxygen atoms in total. The number of ether oxygens (including phenoxy) is 1. The van der Waals surface area contributed by atoms with E-state index in [0.717, 1.165) is 28.4 Å². The maximum absolute atomic E-state index is 13.2. The van der Waals surface area contributed by atoms with Crippen LogP contribution in [0.3, 0.4) is 0 Å². The fourth-order valence-electron chi connectivity index (χ4n) is 4.55. The van der Waals surface area contributed by atoms with Gasteiger partial charge in [0, 0.05) is 11.1 Å². The number of benzene rings is 4. The molecule has 33 heavy (non-hydrogen) atoms. The van der Waals surface area contributed by atoms with Gasteiger partial charge >= 0.3 is 5.97 Å². The molecule has 0 spiro atoms. The van der Waals surface area contributed by atoms with Gasteiger partial charge in [-0.2, -0.15) is 0 Å². The van der Waals surface area contributed by atoms with Gasteiger partial charge < -0.3 is 4.74 Å². The second-order valence-electron chi connectivity index (χ2n) is 8.34. The topological polar surface area (TPSA) is 26.3 Å². The molecule has 0 saturated heterocycles. The highest BCUT2D eigenvalue weighted by molar-refractivity contribution is 7.95. The molecule has 4 aromatic carbocycles. The van der Waals surface area contributed by atoms with Crippen molar-refractivity contribution in [3.63, 3.8) is 0 Å². The number of esters is 1. The van der Waals surface area contributed by atoms with Crippen LogP contribution in [0.1, 0.15) is 28.2 Å². The van der Waals surface area contributed by atoms with E-state index in [2.05, 4.69) is 48.5 Å². The van der Waals surface area contributed by atoms with Gasteiger partial charge in [-0.15, -0.1) is 0 Å². The Balaban J connectivity index is 1.30. The van der Waals surface area contributed by atoms with Crippen LogP contribution >= 0.6 is 0 Å². The Morgan fingerprint density at radius 2 is 1.12 bits per heavy atom. The van der Waals surface area contributed by atoms with Gasteiger partial charge in [0.15, 0.2) is 0 Å². The predicted molar refractivity (Wildman–Crippen MR) is 137 cm³/mol. The lowest BCUT2D eigenvalue weighted by Crippen LogP contribution is -2.22. The summed E-state index contributed by atoms with van der Waals surface area (Å²) in [6.45, 7) is 0.447. The number of carbonyl (C=O) groups excluding carboxylic acids is 1. The van der Waals surface area contributed by atoms with E-state index < -0.39 is 5.92 Å². The first kappa shape index (κ1) is 21.5. The van der Waals surface area contributed by atoms with Gasteiger partial charge in [-0.25, -0.2) is 0 Å². The van der Waals surface area contributed by atoms with E-state index in [-0.39, 0.29) is 16.9 Å². The molecule has 0 aromatic heterocycles. The summed E-state index contributed by atoms with van der Waals surface area (Å²) in [5.41, 5.74) is 7.40. The van der Waals surface area contributed by atoms with Gasteiger partial charge in [0.2, 0.25) is 0 Å². The summed E-state index contributed by atoms with van der Waals surface area (Å²) in [4.78, 5) is 13.2. The smallest absolute Gasteiger partial charge is 0.318 e. The van der Waals surface area contributed by atoms with Gasteiger partial charge in [0.1, 0.15) is 29.8 Å². The highest BCUT2D eigenvalue weighted by Gasteiger charge is 2.29. The molecule has 1 aliphatic rings. The van der Waals surface area contributed by atoms with Gasteiger partial charge in [-0.1, -0.05) is 109 Å². The van der Waals surface area contributed by atoms with Crippen molar-refractivity contribution in [1.29, 1.82) is 0 Å². The highest BCUT2D eigenvalue weighted by Crippen LogP contribution is 2.34. The second kappa shape index (κ2) is 10.1. The van der Waals surface area contributed by atoms with Crippen molar-refractivity contribution in [2.45, 2.75) is 17.4 Å². The molecule has 0 bridgehead atoms. The third-order valence-corrected chi connectivity index (χ3v) is 8.34. The quantitative estimate of drug-likeness (QED) is 0.252. The van der Waals surface area contributed by atoms with Crippen LogP contribution in [0.4, 0.5) is 0 Å². The van der Waals surface area contributed by atoms with Gasteiger partial charge in [-0.05, 0) is 33.1 Å². The van der Waals surface area contributed by atoms with Crippen molar-refractivity contribution < 1.29 is 9.53 Å². The van der Waals surface area contributed by atoms with Crippen molar-refractivity contribution in [2.24, 2.45) is 0 Å². The molecule has 0 amide bonds. The molecule has 0 saturated carbocycles. The molecule has 3 heteroatoms. The fraction of sp³-hybridized carbons (Fsp3) is 0.167. The van der Waals surface area contributed by atoms with Crippen LogP contribution < -0.4 is 0 Å². The summed E-state index contributed by atoms with van der Waals surface area (Å²) < 4.78 is 5.90. The van der Waals surface area contributed by atoms with Crippen LogP contribution in [0.5, 0.6) is 0 Å². The maximum Gasteiger partial charge on any atom is 0.318 e. The molecule has 0 N–H and O–H groups in total. The summed E-state index contributed by atoms with van der Waals surface area (Å²) in [6.07, 6.45) is 0. The zero-order valence-corrected chi connectivity index (χ0v) is 19.3. The number of fused-ring (bicyclic) bond motifs is 3. The van der Waals surface area contributed by atoms with Crippen LogP contribution in [0, 0.1) is 0 Å². The summed E-state index contributed by atoms with van der Waals surface area (Å²) in [5, 5.41) is 0. The van der Waals surface area contributed by atoms with Crippen molar-refractivity contribution in [2.75, 3.05) is 12.4 Å². The van der Waals surface area contributed by atoms with Crippen molar-refractivity contribution >= 4 is 16.9 Å². The number of hydrogen-bond donors (Lipinski definition) is 0. The molecule has 164 valence electrons. The minimum Gasteiger partial charge on any atom is -0.460 e. The van der Waals surface area contributed by atoms with Crippen LogP contribution in [-0.4, -0.2) is 18.3 Å². The normalized spacial score (nSPS) is 13.1. The third kappa shape index (κ3) is 4.89. The fourth-order valence-corrected chi connectivity index (χ4v) is 6.64. The molecule has 0 radical (unpaired) electrons. The predicted octanol–water partition coefficient (Wildman–Crippen LogP) is 6.36. The lowest BCUT2D eigenvalue weighted by molar-refractivity contribution is -0.143. The zero-order chi connectivity index (χ0) is 22.5. The first-order valence-corrected chi connectivity index (χ1v) is 13.1. The van der Waals surface area contributed by atoms with E-state index in [9.17, 15) is 4.79 Å². The molecule has 0 fully saturated rings. The van der Waals surface area contributed by atoms with Crippen LogP contribution in [0.2, 0.25) is 0 Å². The average molecular weight is 452 g/mol. The third-order valence-electron chi connectivity index (χ3n) is 6.16. The molecule has 4 aromatic rings. The standard InChI is InChI=1S/C30H27O2S/c31-30(29(23-11-3-1-4-12-23)24-13-5-2-6-14-24)32-19-20-33-21-25-15-7-9-17-27(25)28-18-10-8-16-26(28)22-33/h1-18,29H,19-22H2/q+1. The summed E-state index contributed by atoms with van der Waals surface area (Å²) >= 11 is 0. The Morgan fingerprint density at radius 3 is 1.64 bits per heavy atom. The molecule has 0 atom stereocenters. The highest BCUT2D eigenvalue weighted by atomic mass is 32.2. The minimum absolute atomic E-state index is 0.119. The first-order valence-electron chi connectivity index (χ1n) is 11.4. The minimum atomic E-state index is -0.397. The zero-order valence-electron chi connectivity index (χ0n) is 18.5. The van der Waals surface area contributed by atoms with Crippen LogP contribution in [-0.2, 0) is 31.9 Å². The van der Waals surface area contributed by atoms with E-state index in [0.29, 0.717) is 6.61 Å². The monoisotopic (exact) mass is 451 g/mol. The van der Waals surface area contributed by atoms with Gasteiger partial charge in [0.25, 0.3) is 0 Å². The Morgan fingerprint density at radius 1 is 0.667 bits per heavy atom. The lowest BCUT2D eigenvalue weighted by Gasteiger charge is -2.17. The van der Waals surface area contributed by atoms with Gasteiger partial charge in [0.05, 0.1) is 0 Å². The number of carbonyl (C=O) groups is 1.